The standard InChI is InChI=1S/C12H14BrNO5/c1-7-2-3-10(8(13)4-7)19-6-11(16)14-9(5-15)12(17)18/h2-4,9,15H,5-6H2,1H3,(H,14,16)(H,17,18)/t9-/m1/s1. The average molecular weight is 332 g/mol. The van der Waals surface area contributed by atoms with Crippen LogP contribution < -0.4 is 10.1 Å². The topological polar surface area (TPSA) is 95.9 Å². The van der Waals surface area contributed by atoms with E-state index in [-0.39, 0.29) is 6.61 Å². The van der Waals surface area contributed by atoms with Crippen LogP contribution in [0.4, 0.5) is 0 Å². The van der Waals surface area contributed by atoms with Crippen molar-refractivity contribution >= 4 is 27.8 Å². The Labute approximate surface area is 118 Å². The number of carbonyl (C=O) groups is 2. The van der Waals surface area contributed by atoms with Gasteiger partial charge in [-0.1, -0.05) is 6.07 Å². The molecule has 0 heterocycles. The van der Waals surface area contributed by atoms with Gasteiger partial charge in [-0.25, -0.2) is 4.79 Å². The van der Waals surface area contributed by atoms with Gasteiger partial charge in [-0.3, -0.25) is 4.79 Å². The zero-order valence-electron chi connectivity index (χ0n) is 10.2. The summed E-state index contributed by atoms with van der Waals surface area (Å²) in [6, 6.07) is 4.04. The first-order chi connectivity index (χ1) is 8.93. The second-order valence-corrected chi connectivity index (χ2v) is 4.72. The molecule has 104 valence electrons. The number of aryl methyl sites for hydroxylation is 1. The van der Waals surface area contributed by atoms with E-state index >= 15 is 0 Å². The van der Waals surface area contributed by atoms with Gasteiger partial charge in [0.15, 0.2) is 6.61 Å². The van der Waals surface area contributed by atoms with Crippen molar-refractivity contribution in [3.63, 3.8) is 0 Å². The fourth-order valence-electron chi connectivity index (χ4n) is 1.29. The number of carbonyl (C=O) groups excluding carboxylic acids is 1. The van der Waals surface area contributed by atoms with Crippen molar-refractivity contribution in [3.05, 3.63) is 28.2 Å². The lowest BCUT2D eigenvalue weighted by molar-refractivity contribution is -0.143. The fraction of sp³-hybridized carbons (Fsp3) is 0.333. The van der Waals surface area contributed by atoms with Gasteiger partial charge in [-0.05, 0) is 40.5 Å². The summed E-state index contributed by atoms with van der Waals surface area (Å²) >= 11 is 3.29. The first-order valence-electron chi connectivity index (χ1n) is 5.46. The SMILES string of the molecule is Cc1ccc(OCC(=O)N[C@H](CO)C(=O)O)c(Br)c1. The summed E-state index contributed by atoms with van der Waals surface area (Å²) in [6.45, 7) is 0.917. The zero-order chi connectivity index (χ0) is 14.4. The molecule has 7 heteroatoms. The molecule has 0 saturated carbocycles. The number of hydrogen-bond donors (Lipinski definition) is 3. The van der Waals surface area contributed by atoms with Crippen LogP contribution in [0.25, 0.3) is 0 Å². The molecule has 0 radical (unpaired) electrons. The minimum atomic E-state index is -1.32. The normalized spacial score (nSPS) is 11.7. The maximum atomic E-state index is 11.4. The lowest BCUT2D eigenvalue weighted by Gasteiger charge is -2.13. The largest absolute Gasteiger partial charge is 0.483 e. The van der Waals surface area contributed by atoms with E-state index in [1.165, 1.54) is 0 Å². The third-order valence-electron chi connectivity index (χ3n) is 2.26. The molecule has 0 aliphatic heterocycles. The molecule has 0 bridgehead atoms. The molecule has 6 nitrogen and oxygen atoms in total. The summed E-state index contributed by atoms with van der Waals surface area (Å²) < 4.78 is 5.95. The summed E-state index contributed by atoms with van der Waals surface area (Å²) in [7, 11) is 0. The molecular weight excluding hydrogens is 318 g/mol. The van der Waals surface area contributed by atoms with E-state index in [0.29, 0.717) is 10.2 Å². The van der Waals surface area contributed by atoms with Crippen molar-refractivity contribution in [2.24, 2.45) is 0 Å². The van der Waals surface area contributed by atoms with Gasteiger partial charge < -0.3 is 20.3 Å². The molecule has 1 amide bonds. The van der Waals surface area contributed by atoms with Gasteiger partial charge in [-0.2, -0.15) is 0 Å². The summed E-state index contributed by atoms with van der Waals surface area (Å²) in [4.78, 5) is 22.1. The van der Waals surface area contributed by atoms with Gasteiger partial charge in [-0.15, -0.1) is 0 Å². The number of aliphatic carboxylic acids is 1. The molecule has 0 spiro atoms. The van der Waals surface area contributed by atoms with E-state index in [4.69, 9.17) is 14.9 Å². The highest BCUT2D eigenvalue weighted by Crippen LogP contribution is 2.25. The summed E-state index contributed by atoms with van der Waals surface area (Å²) in [6.07, 6.45) is 0. The minimum Gasteiger partial charge on any atom is -0.483 e. The highest BCUT2D eigenvalue weighted by Gasteiger charge is 2.18. The first kappa shape index (κ1) is 15.5. The average Bonchev–Trinajstić information content (AvgIpc) is 2.34. The van der Waals surface area contributed by atoms with Crippen LogP contribution in [0.2, 0.25) is 0 Å². The van der Waals surface area contributed by atoms with Crippen molar-refractivity contribution in [2.75, 3.05) is 13.2 Å². The summed E-state index contributed by atoms with van der Waals surface area (Å²) in [5, 5.41) is 19.6. The van der Waals surface area contributed by atoms with Crippen molar-refractivity contribution < 1.29 is 24.5 Å². The van der Waals surface area contributed by atoms with Crippen LogP contribution in [0.5, 0.6) is 5.75 Å². The Kier molecular flexibility index (Phi) is 5.78. The molecule has 1 atom stereocenters. The van der Waals surface area contributed by atoms with Crippen molar-refractivity contribution in [1.29, 1.82) is 0 Å². The Morgan fingerprint density at radius 3 is 2.68 bits per heavy atom. The van der Waals surface area contributed by atoms with Crippen LogP contribution in [0, 0.1) is 6.92 Å². The van der Waals surface area contributed by atoms with Crippen molar-refractivity contribution in [2.45, 2.75) is 13.0 Å². The third kappa shape index (κ3) is 4.88. The Balaban J connectivity index is 2.52. The van der Waals surface area contributed by atoms with Gasteiger partial charge >= 0.3 is 5.97 Å². The highest BCUT2D eigenvalue weighted by molar-refractivity contribution is 9.10. The molecule has 3 N–H and O–H groups in total. The van der Waals surface area contributed by atoms with Crippen LogP contribution in [0.3, 0.4) is 0 Å². The molecule has 0 fully saturated rings. The molecule has 19 heavy (non-hydrogen) atoms. The van der Waals surface area contributed by atoms with Crippen LogP contribution in [-0.2, 0) is 9.59 Å². The quantitative estimate of drug-likeness (QED) is 0.713. The van der Waals surface area contributed by atoms with Gasteiger partial charge in [0, 0.05) is 0 Å². The number of nitrogens with one attached hydrogen (secondary N) is 1. The van der Waals surface area contributed by atoms with Gasteiger partial charge in [0.05, 0.1) is 11.1 Å². The summed E-state index contributed by atoms with van der Waals surface area (Å²) in [5.74, 6) is -1.43. The Hall–Kier alpha value is -1.60. The monoisotopic (exact) mass is 331 g/mol. The smallest absolute Gasteiger partial charge is 0.328 e. The number of hydrogen-bond acceptors (Lipinski definition) is 4. The Bertz CT molecular complexity index is 477. The van der Waals surface area contributed by atoms with E-state index in [2.05, 4.69) is 21.2 Å². The number of amides is 1. The minimum absolute atomic E-state index is 0.328. The molecule has 1 aromatic carbocycles. The van der Waals surface area contributed by atoms with Gasteiger partial charge in [0.2, 0.25) is 0 Å². The lowest BCUT2D eigenvalue weighted by Crippen LogP contribution is -2.45. The number of benzene rings is 1. The number of aliphatic hydroxyl groups is 1. The van der Waals surface area contributed by atoms with Crippen molar-refractivity contribution in [1.82, 2.24) is 5.32 Å². The molecule has 0 aliphatic rings. The fourth-order valence-corrected chi connectivity index (χ4v) is 1.90. The first-order valence-corrected chi connectivity index (χ1v) is 6.25. The number of carboxylic acids is 1. The van der Waals surface area contributed by atoms with E-state index < -0.39 is 24.5 Å². The molecule has 1 aromatic rings. The van der Waals surface area contributed by atoms with Crippen LogP contribution in [0.1, 0.15) is 5.56 Å². The summed E-state index contributed by atoms with van der Waals surface area (Å²) in [5.41, 5.74) is 1.04. The van der Waals surface area contributed by atoms with Gasteiger partial charge in [0.1, 0.15) is 11.8 Å². The number of halogens is 1. The maximum Gasteiger partial charge on any atom is 0.328 e. The molecule has 0 aliphatic carbocycles. The third-order valence-corrected chi connectivity index (χ3v) is 2.88. The number of ether oxygens (including phenoxy) is 1. The van der Waals surface area contributed by atoms with E-state index in [0.717, 1.165) is 5.56 Å². The lowest BCUT2D eigenvalue weighted by atomic mass is 10.2. The number of rotatable bonds is 6. The molecule has 1 rings (SSSR count). The number of carboxylic acid groups (broad SMARTS) is 1. The van der Waals surface area contributed by atoms with Crippen LogP contribution in [0.15, 0.2) is 22.7 Å². The van der Waals surface area contributed by atoms with E-state index in [1.54, 1.807) is 6.07 Å². The molecule has 0 unspecified atom stereocenters. The van der Waals surface area contributed by atoms with Crippen LogP contribution >= 0.6 is 15.9 Å². The maximum absolute atomic E-state index is 11.4. The molecule has 0 saturated heterocycles. The van der Waals surface area contributed by atoms with Crippen LogP contribution in [-0.4, -0.2) is 41.3 Å². The predicted octanol–water partition coefficient (Wildman–Crippen LogP) is 0.698. The van der Waals surface area contributed by atoms with Gasteiger partial charge in [0.25, 0.3) is 5.91 Å². The Morgan fingerprint density at radius 1 is 1.47 bits per heavy atom. The zero-order valence-corrected chi connectivity index (χ0v) is 11.8. The number of aliphatic hydroxyl groups excluding tert-OH is 1. The Morgan fingerprint density at radius 2 is 2.16 bits per heavy atom. The molecular formula is C12H14BrNO5. The second-order valence-electron chi connectivity index (χ2n) is 3.86. The predicted molar refractivity (Wildman–Crippen MR) is 71.0 cm³/mol. The van der Waals surface area contributed by atoms with E-state index in [9.17, 15) is 9.59 Å². The molecule has 0 aromatic heterocycles. The second kappa shape index (κ2) is 7.10. The van der Waals surface area contributed by atoms with E-state index in [1.807, 2.05) is 19.1 Å². The highest BCUT2D eigenvalue weighted by atomic mass is 79.9. The van der Waals surface area contributed by atoms with Crippen molar-refractivity contribution in [3.8, 4) is 5.75 Å².